The van der Waals surface area contributed by atoms with Gasteiger partial charge in [0.2, 0.25) is 0 Å². The molecule has 112 valence electrons. The summed E-state index contributed by atoms with van der Waals surface area (Å²) >= 11 is 7.53. The van der Waals surface area contributed by atoms with Crippen LogP contribution in [0.2, 0.25) is 4.34 Å². The summed E-state index contributed by atoms with van der Waals surface area (Å²) in [5.41, 5.74) is 1.72. The molecule has 1 aromatic heterocycles. The van der Waals surface area contributed by atoms with Crippen LogP contribution in [0.3, 0.4) is 0 Å². The SMILES string of the molecule is CC(C)c1nc(C=Cc2cccc([N+](=O)[O-])c2)sc1Cl.Cl. The second kappa shape index (κ2) is 7.54. The summed E-state index contributed by atoms with van der Waals surface area (Å²) in [5.74, 6) is 0.277. The molecule has 0 aliphatic carbocycles. The fourth-order valence-corrected chi connectivity index (χ4v) is 3.01. The molecule has 7 heteroatoms. The second-order valence-corrected chi connectivity index (χ2v) is 6.18. The van der Waals surface area contributed by atoms with Gasteiger partial charge in [-0.15, -0.1) is 23.7 Å². The average molecular weight is 345 g/mol. The summed E-state index contributed by atoms with van der Waals surface area (Å²) in [4.78, 5) is 14.7. The quantitative estimate of drug-likeness (QED) is 0.549. The van der Waals surface area contributed by atoms with E-state index in [1.165, 1.54) is 23.5 Å². The molecule has 1 heterocycles. The van der Waals surface area contributed by atoms with Crippen molar-refractivity contribution in [3.05, 3.63) is 55.0 Å². The highest BCUT2D eigenvalue weighted by Crippen LogP contribution is 2.30. The van der Waals surface area contributed by atoms with Gasteiger partial charge >= 0.3 is 0 Å². The van der Waals surface area contributed by atoms with E-state index >= 15 is 0 Å². The lowest BCUT2D eigenvalue weighted by Crippen LogP contribution is -1.88. The summed E-state index contributed by atoms with van der Waals surface area (Å²) in [6.45, 7) is 4.07. The normalized spacial score (nSPS) is 10.9. The molecule has 2 aromatic rings. The van der Waals surface area contributed by atoms with Gasteiger partial charge in [-0.1, -0.05) is 43.7 Å². The molecule has 21 heavy (non-hydrogen) atoms. The van der Waals surface area contributed by atoms with Gasteiger partial charge in [-0.2, -0.15) is 0 Å². The largest absolute Gasteiger partial charge is 0.270 e. The van der Waals surface area contributed by atoms with Crippen molar-refractivity contribution in [2.24, 2.45) is 0 Å². The van der Waals surface area contributed by atoms with Gasteiger partial charge in [0, 0.05) is 12.1 Å². The predicted molar refractivity (Wildman–Crippen MR) is 90.5 cm³/mol. The minimum Gasteiger partial charge on any atom is -0.258 e. The molecule has 4 nitrogen and oxygen atoms in total. The van der Waals surface area contributed by atoms with Gasteiger partial charge in [0.05, 0.1) is 10.6 Å². The Morgan fingerprint density at radius 1 is 1.38 bits per heavy atom. The molecule has 0 fully saturated rings. The first kappa shape index (κ1) is 17.6. The number of hydrogen-bond acceptors (Lipinski definition) is 4. The minimum absolute atomic E-state index is 0. The van der Waals surface area contributed by atoms with Crippen LogP contribution in [0.4, 0.5) is 5.69 Å². The van der Waals surface area contributed by atoms with Gasteiger partial charge in [0.25, 0.3) is 5.69 Å². The van der Waals surface area contributed by atoms with E-state index in [9.17, 15) is 10.1 Å². The highest BCUT2D eigenvalue weighted by atomic mass is 35.5. The third-order valence-electron chi connectivity index (χ3n) is 2.67. The van der Waals surface area contributed by atoms with Crippen LogP contribution in [0.5, 0.6) is 0 Å². The van der Waals surface area contributed by atoms with Crippen LogP contribution in [-0.2, 0) is 0 Å². The fourth-order valence-electron chi connectivity index (χ4n) is 1.67. The lowest BCUT2D eigenvalue weighted by molar-refractivity contribution is -0.384. The van der Waals surface area contributed by atoms with Crippen LogP contribution >= 0.6 is 35.3 Å². The van der Waals surface area contributed by atoms with Crippen LogP contribution in [-0.4, -0.2) is 9.91 Å². The average Bonchev–Trinajstić information content (AvgIpc) is 2.78. The van der Waals surface area contributed by atoms with Crippen molar-refractivity contribution in [2.75, 3.05) is 0 Å². The van der Waals surface area contributed by atoms with Crippen LogP contribution in [0, 0.1) is 10.1 Å². The van der Waals surface area contributed by atoms with E-state index in [0.717, 1.165) is 16.3 Å². The number of rotatable bonds is 4. The Labute approximate surface area is 138 Å². The molecule has 2 rings (SSSR count). The van der Waals surface area contributed by atoms with E-state index in [1.54, 1.807) is 12.1 Å². The van der Waals surface area contributed by atoms with Crippen LogP contribution < -0.4 is 0 Å². The lowest BCUT2D eigenvalue weighted by Gasteiger charge is -1.97. The van der Waals surface area contributed by atoms with Crippen molar-refractivity contribution in [3.63, 3.8) is 0 Å². The van der Waals surface area contributed by atoms with Gasteiger partial charge in [-0.05, 0) is 17.6 Å². The second-order valence-electron chi connectivity index (χ2n) is 4.55. The van der Waals surface area contributed by atoms with Crippen molar-refractivity contribution in [2.45, 2.75) is 19.8 Å². The highest BCUT2D eigenvalue weighted by Gasteiger charge is 2.11. The maximum Gasteiger partial charge on any atom is 0.270 e. The number of hydrogen-bond donors (Lipinski definition) is 0. The number of benzene rings is 1. The number of halogens is 2. The van der Waals surface area contributed by atoms with Gasteiger partial charge in [-0.3, -0.25) is 10.1 Å². The van der Waals surface area contributed by atoms with Crippen molar-refractivity contribution in [3.8, 4) is 0 Å². The first-order valence-corrected chi connectivity index (χ1v) is 7.25. The Morgan fingerprint density at radius 3 is 2.67 bits per heavy atom. The summed E-state index contributed by atoms with van der Waals surface area (Å²) in [7, 11) is 0. The molecule has 0 aliphatic heterocycles. The molecule has 1 aromatic carbocycles. The summed E-state index contributed by atoms with van der Waals surface area (Å²) < 4.78 is 0.693. The van der Waals surface area contributed by atoms with Gasteiger partial charge in [-0.25, -0.2) is 4.98 Å². The molecular formula is C14H14Cl2N2O2S. The van der Waals surface area contributed by atoms with Crippen LogP contribution in [0.1, 0.15) is 36.0 Å². The first-order chi connectivity index (χ1) is 9.47. The lowest BCUT2D eigenvalue weighted by atomic mass is 10.2. The zero-order chi connectivity index (χ0) is 14.7. The number of non-ortho nitro benzene ring substituents is 1. The molecule has 0 atom stereocenters. The standard InChI is InChI=1S/C14H13ClN2O2S.ClH/c1-9(2)13-14(15)20-12(16-13)7-6-10-4-3-5-11(8-10)17(18)19;/h3-9H,1-2H3;1H. The van der Waals surface area contributed by atoms with E-state index in [1.807, 2.05) is 26.0 Å². The Hall–Kier alpha value is -1.43. The maximum absolute atomic E-state index is 10.7. The Bertz CT molecular complexity index is 669. The molecule has 0 bridgehead atoms. The summed E-state index contributed by atoms with van der Waals surface area (Å²) in [5, 5.41) is 11.5. The predicted octanol–water partition coefficient (Wildman–Crippen LogP) is 5.42. The first-order valence-electron chi connectivity index (χ1n) is 6.06. The van der Waals surface area contributed by atoms with Gasteiger partial charge in [0.1, 0.15) is 9.34 Å². The van der Waals surface area contributed by atoms with E-state index in [0.29, 0.717) is 4.34 Å². The van der Waals surface area contributed by atoms with Crippen molar-refractivity contribution < 1.29 is 4.92 Å². The van der Waals surface area contributed by atoms with Crippen LogP contribution in [0.25, 0.3) is 12.2 Å². The van der Waals surface area contributed by atoms with Crippen molar-refractivity contribution in [1.29, 1.82) is 0 Å². The number of nitrogens with zero attached hydrogens (tertiary/aromatic N) is 2. The molecule has 0 spiro atoms. The maximum atomic E-state index is 10.7. The van der Waals surface area contributed by atoms with E-state index in [2.05, 4.69) is 4.98 Å². The fraction of sp³-hybridized carbons (Fsp3) is 0.214. The number of thiazole rings is 1. The van der Waals surface area contributed by atoms with Crippen LogP contribution in [0.15, 0.2) is 24.3 Å². The monoisotopic (exact) mass is 344 g/mol. The third-order valence-corrected chi connectivity index (χ3v) is 3.92. The molecular weight excluding hydrogens is 331 g/mol. The van der Waals surface area contributed by atoms with Crippen molar-refractivity contribution in [1.82, 2.24) is 4.98 Å². The number of nitro benzene ring substituents is 1. The molecule has 0 unspecified atom stereocenters. The van der Waals surface area contributed by atoms with E-state index in [4.69, 9.17) is 11.6 Å². The molecule has 0 saturated carbocycles. The molecule has 0 N–H and O–H groups in total. The van der Waals surface area contributed by atoms with Gasteiger partial charge in [0.15, 0.2) is 0 Å². The Balaban J connectivity index is 0.00000220. The van der Waals surface area contributed by atoms with Gasteiger partial charge < -0.3 is 0 Å². The summed E-state index contributed by atoms with van der Waals surface area (Å²) in [6, 6.07) is 6.46. The smallest absolute Gasteiger partial charge is 0.258 e. The summed E-state index contributed by atoms with van der Waals surface area (Å²) in [6.07, 6.45) is 3.62. The van der Waals surface area contributed by atoms with E-state index < -0.39 is 4.92 Å². The molecule has 0 radical (unpaired) electrons. The van der Waals surface area contributed by atoms with E-state index in [-0.39, 0.29) is 24.0 Å². The zero-order valence-corrected chi connectivity index (χ0v) is 13.8. The molecule has 0 aliphatic rings. The Morgan fingerprint density at radius 2 is 2.10 bits per heavy atom. The van der Waals surface area contributed by atoms with Crippen molar-refractivity contribution >= 4 is 53.2 Å². The number of aromatic nitrogens is 1. The molecule has 0 amide bonds. The third kappa shape index (κ3) is 4.52. The highest BCUT2D eigenvalue weighted by molar-refractivity contribution is 7.16. The minimum atomic E-state index is -0.408. The Kier molecular flexibility index (Phi) is 6.33. The zero-order valence-electron chi connectivity index (χ0n) is 11.4. The molecule has 0 saturated heterocycles. The topological polar surface area (TPSA) is 56.0 Å². The number of nitro groups is 1.